The van der Waals surface area contributed by atoms with Gasteiger partial charge in [0, 0.05) is 12.6 Å². The van der Waals surface area contributed by atoms with Crippen LogP contribution in [-0.4, -0.2) is 10.9 Å². The van der Waals surface area contributed by atoms with Gasteiger partial charge in [-0.15, -0.1) is 11.6 Å². The first-order chi connectivity index (χ1) is 10.1. The highest BCUT2D eigenvalue weighted by Gasteiger charge is 2.17. The predicted molar refractivity (Wildman–Crippen MR) is 82.4 cm³/mol. The third kappa shape index (κ3) is 2.90. The van der Waals surface area contributed by atoms with Crippen LogP contribution in [0.2, 0.25) is 0 Å². The van der Waals surface area contributed by atoms with Crippen LogP contribution in [0, 0.1) is 6.92 Å². The summed E-state index contributed by atoms with van der Waals surface area (Å²) in [6.45, 7) is 1.78. The fourth-order valence-corrected chi connectivity index (χ4v) is 2.30. The van der Waals surface area contributed by atoms with E-state index in [1.54, 1.807) is 25.1 Å². The number of fused-ring (bicyclic) bond motifs is 1. The molecule has 0 saturated heterocycles. The van der Waals surface area contributed by atoms with Crippen molar-refractivity contribution in [3.8, 4) is 0 Å². The van der Waals surface area contributed by atoms with Crippen molar-refractivity contribution in [3.05, 3.63) is 60.0 Å². The smallest absolute Gasteiger partial charge is 0.246 e. The van der Waals surface area contributed by atoms with E-state index >= 15 is 0 Å². The number of benzene rings is 2. The summed E-state index contributed by atoms with van der Waals surface area (Å²) in [7, 11) is 0. The zero-order valence-electron chi connectivity index (χ0n) is 11.3. The molecule has 0 bridgehead atoms. The van der Waals surface area contributed by atoms with Gasteiger partial charge in [-0.25, -0.2) is 4.98 Å². The molecule has 0 radical (unpaired) electrons. The molecule has 0 aliphatic heterocycles. The molecule has 1 atom stereocenters. The van der Waals surface area contributed by atoms with E-state index in [4.69, 9.17) is 16.0 Å². The summed E-state index contributed by atoms with van der Waals surface area (Å²) >= 11 is 6.18. The lowest BCUT2D eigenvalue weighted by atomic mass is 10.1. The van der Waals surface area contributed by atoms with Gasteiger partial charge >= 0.3 is 0 Å². The number of oxazole rings is 1. The highest BCUT2D eigenvalue weighted by Crippen LogP contribution is 2.24. The number of aromatic nitrogens is 1. The predicted octanol–water partition coefficient (Wildman–Crippen LogP) is 4.05. The second-order valence-electron chi connectivity index (χ2n) is 4.68. The number of rotatable bonds is 3. The normalized spacial score (nSPS) is 12.3. The van der Waals surface area contributed by atoms with Gasteiger partial charge in [0.15, 0.2) is 11.5 Å². The highest BCUT2D eigenvalue weighted by atomic mass is 35.5. The summed E-state index contributed by atoms with van der Waals surface area (Å²) in [4.78, 5) is 16.4. The standard InChI is InChI=1S/C16H13ClN2O2/c1-10-18-13-9-12(7-8-14(13)21-10)19-16(20)15(17)11-5-3-2-4-6-11/h2-9,15H,1H3,(H,19,20). The molecule has 3 aromatic rings. The summed E-state index contributed by atoms with van der Waals surface area (Å²) in [6, 6.07) is 14.5. The Morgan fingerprint density at radius 3 is 2.76 bits per heavy atom. The molecule has 1 unspecified atom stereocenters. The second kappa shape index (κ2) is 5.58. The molecule has 1 N–H and O–H groups in total. The summed E-state index contributed by atoms with van der Waals surface area (Å²) in [5.41, 5.74) is 2.80. The van der Waals surface area contributed by atoms with Crippen LogP contribution >= 0.6 is 11.6 Å². The number of carbonyl (C=O) groups is 1. The Morgan fingerprint density at radius 2 is 2.00 bits per heavy atom. The van der Waals surface area contributed by atoms with Crippen molar-refractivity contribution in [1.82, 2.24) is 4.98 Å². The van der Waals surface area contributed by atoms with Gasteiger partial charge in [-0.2, -0.15) is 0 Å². The Balaban J connectivity index is 1.79. The van der Waals surface area contributed by atoms with Gasteiger partial charge in [-0.1, -0.05) is 30.3 Å². The average molecular weight is 301 g/mol. The number of alkyl halides is 1. The summed E-state index contributed by atoms with van der Waals surface area (Å²) < 4.78 is 5.39. The second-order valence-corrected chi connectivity index (χ2v) is 5.11. The van der Waals surface area contributed by atoms with Gasteiger partial charge in [-0.05, 0) is 23.8 Å². The largest absolute Gasteiger partial charge is 0.441 e. The molecule has 4 nitrogen and oxygen atoms in total. The lowest BCUT2D eigenvalue weighted by Gasteiger charge is -2.10. The van der Waals surface area contributed by atoms with Crippen molar-refractivity contribution in [2.75, 3.05) is 5.32 Å². The van der Waals surface area contributed by atoms with Crippen LogP contribution in [0.1, 0.15) is 16.8 Å². The number of nitrogens with zero attached hydrogens (tertiary/aromatic N) is 1. The van der Waals surface area contributed by atoms with Crippen LogP contribution < -0.4 is 5.32 Å². The van der Waals surface area contributed by atoms with Crippen LogP contribution in [0.25, 0.3) is 11.1 Å². The van der Waals surface area contributed by atoms with Crippen molar-refractivity contribution in [2.45, 2.75) is 12.3 Å². The highest BCUT2D eigenvalue weighted by molar-refractivity contribution is 6.32. The van der Waals surface area contributed by atoms with E-state index in [1.807, 2.05) is 30.3 Å². The number of aryl methyl sites for hydroxylation is 1. The maximum Gasteiger partial charge on any atom is 0.246 e. The Kier molecular flexibility index (Phi) is 3.62. The Morgan fingerprint density at radius 1 is 1.24 bits per heavy atom. The molecule has 5 heteroatoms. The van der Waals surface area contributed by atoms with Crippen LogP contribution in [0.4, 0.5) is 5.69 Å². The van der Waals surface area contributed by atoms with Crippen LogP contribution in [-0.2, 0) is 4.79 Å². The molecule has 0 spiro atoms. The van der Waals surface area contributed by atoms with Gasteiger partial charge < -0.3 is 9.73 Å². The Labute approximate surface area is 126 Å². The topological polar surface area (TPSA) is 55.1 Å². The summed E-state index contributed by atoms with van der Waals surface area (Å²) in [6.07, 6.45) is 0. The Hall–Kier alpha value is -2.33. The van der Waals surface area contributed by atoms with Crippen molar-refractivity contribution in [3.63, 3.8) is 0 Å². The number of amides is 1. The molecule has 1 heterocycles. The maximum atomic E-state index is 12.2. The SMILES string of the molecule is Cc1nc2cc(NC(=O)C(Cl)c3ccccc3)ccc2o1. The molecule has 1 aromatic heterocycles. The van der Waals surface area contributed by atoms with E-state index in [0.717, 1.165) is 5.56 Å². The van der Waals surface area contributed by atoms with Crippen molar-refractivity contribution < 1.29 is 9.21 Å². The zero-order chi connectivity index (χ0) is 14.8. The van der Waals surface area contributed by atoms with E-state index in [1.165, 1.54) is 0 Å². The first-order valence-corrected chi connectivity index (χ1v) is 6.94. The molecule has 21 heavy (non-hydrogen) atoms. The third-order valence-electron chi connectivity index (χ3n) is 3.08. The van der Waals surface area contributed by atoms with Gasteiger partial charge in [0.25, 0.3) is 0 Å². The number of hydrogen-bond acceptors (Lipinski definition) is 3. The van der Waals surface area contributed by atoms with E-state index < -0.39 is 5.38 Å². The number of hydrogen-bond donors (Lipinski definition) is 1. The zero-order valence-corrected chi connectivity index (χ0v) is 12.1. The molecule has 0 fully saturated rings. The number of halogens is 1. The first kappa shape index (κ1) is 13.6. The molecule has 3 rings (SSSR count). The minimum absolute atomic E-state index is 0.276. The lowest BCUT2D eigenvalue weighted by Crippen LogP contribution is -2.17. The van der Waals surface area contributed by atoms with E-state index in [0.29, 0.717) is 22.7 Å². The van der Waals surface area contributed by atoms with Crippen molar-refractivity contribution in [2.24, 2.45) is 0 Å². The number of anilines is 1. The van der Waals surface area contributed by atoms with Gasteiger partial charge in [-0.3, -0.25) is 4.79 Å². The van der Waals surface area contributed by atoms with Crippen LogP contribution in [0.5, 0.6) is 0 Å². The summed E-state index contributed by atoms with van der Waals surface area (Å²) in [5, 5.41) is 2.05. The molecular weight excluding hydrogens is 288 g/mol. The monoisotopic (exact) mass is 300 g/mol. The van der Waals surface area contributed by atoms with Crippen LogP contribution in [0.15, 0.2) is 52.9 Å². The molecule has 0 aliphatic carbocycles. The molecule has 0 saturated carbocycles. The fraction of sp³-hybridized carbons (Fsp3) is 0.125. The fourth-order valence-electron chi connectivity index (χ4n) is 2.10. The molecular formula is C16H13ClN2O2. The number of carbonyl (C=O) groups excluding carboxylic acids is 1. The number of nitrogens with one attached hydrogen (secondary N) is 1. The molecule has 2 aromatic carbocycles. The first-order valence-electron chi connectivity index (χ1n) is 6.50. The van der Waals surface area contributed by atoms with E-state index in [9.17, 15) is 4.79 Å². The van der Waals surface area contributed by atoms with Gasteiger partial charge in [0.1, 0.15) is 10.9 Å². The molecule has 0 aliphatic rings. The minimum Gasteiger partial charge on any atom is -0.441 e. The van der Waals surface area contributed by atoms with Crippen LogP contribution in [0.3, 0.4) is 0 Å². The van der Waals surface area contributed by atoms with E-state index in [2.05, 4.69) is 10.3 Å². The van der Waals surface area contributed by atoms with Gasteiger partial charge in [0.05, 0.1) is 0 Å². The lowest BCUT2D eigenvalue weighted by molar-refractivity contribution is -0.116. The Bertz CT molecular complexity index is 783. The van der Waals surface area contributed by atoms with Gasteiger partial charge in [0.2, 0.25) is 5.91 Å². The van der Waals surface area contributed by atoms with Crippen molar-refractivity contribution >= 4 is 34.3 Å². The summed E-state index contributed by atoms with van der Waals surface area (Å²) in [5.74, 6) is 0.315. The molecule has 106 valence electrons. The third-order valence-corrected chi connectivity index (χ3v) is 3.53. The quantitative estimate of drug-likeness (QED) is 0.742. The minimum atomic E-state index is -0.735. The average Bonchev–Trinajstić information content (AvgIpc) is 2.86. The molecule has 1 amide bonds. The van der Waals surface area contributed by atoms with E-state index in [-0.39, 0.29) is 5.91 Å². The maximum absolute atomic E-state index is 12.2. The van der Waals surface area contributed by atoms with Crippen molar-refractivity contribution in [1.29, 1.82) is 0 Å².